The number of fused-ring (bicyclic) bond motifs is 2. The molecule has 3 aliphatic rings. The van der Waals surface area contributed by atoms with Crippen molar-refractivity contribution in [3.8, 4) is 17.2 Å². The Bertz CT molecular complexity index is 1020. The third-order valence-corrected chi connectivity index (χ3v) is 7.24. The summed E-state index contributed by atoms with van der Waals surface area (Å²) in [5.41, 5.74) is 8.33. The second-order valence-corrected chi connectivity index (χ2v) is 9.47. The first-order valence-electron chi connectivity index (χ1n) is 11.4. The molecular formula is C25H33N3O4S. The van der Waals surface area contributed by atoms with Gasteiger partial charge in [-0.2, -0.15) is 0 Å². The van der Waals surface area contributed by atoms with Gasteiger partial charge >= 0.3 is 0 Å². The summed E-state index contributed by atoms with van der Waals surface area (Å²) in [4.78, 5) is 15.5. The van der Waals surface area contributed by atoms with E-state index >= 15 is 0 Å². The molecule has 1 saturated heterocycles. The van der Waals surface area contributed by atoms with E-state index in [4.69, 9.17) is 19.9 Å². The summed E-state index contributed by atoms with van der Waals surface area (Å²) in [5.74, 6) is 2.38. The predicted molar refractivity (Wildman–Crippen MR) is 133 cm³/mol. The number of nitrogen functional groups attached to an aromatic ring is 1. The van der Waals surface area contributed by atoms with Gasteiger partial charge < -0.3 is 30.2 Å². The molecule has 33 heavy (non-hydrogen) atoms. The summed E-state index contributed by atoms with van der Waals surface area (Å²) >= 11 is 4.18. The van der Waals surface area contributed by atoms with Gasteiger partial charge in [-0.3, -0.25) is 4.79 Å². The van der Waals surface area contributed by atoms with Crippen molar-refractivity contribution < 1.29 is 19.0 Å². The Kier molecular flexibility index (Phi) is 6.95. The Labute approximate surface area is 201 Å². The number of nitrogens with one attached hydrogen (secondary N) is 1. The van der Waals surface area contributed by atoms with Crippen LogP contribution in [-0.2, 0) is 10.2 Å². The van der Waals surface area contributed by atoms with E-state index in [2.05, 4.69) is 29.9 Å². The molecule has 0 aromatic heterocycles. The highest BCUT2D eigenvalue weighted by molar-refractivity contribution is 7.80. The number of ether oxygens (including phenoxy) is 3. The Morgan fingerprint density at radius 2 is 1.82 bits per heavy atom. The molecule has 2 aliphatic heterocycles. The predicted octanol–water partition coefficient (Wildman–Crippen LogP) is 4.11. The number of likely N-dealkylation sites (tertiary alicyclic amines) is 1. The number of carbonyl (C=O) groups is 1. The van der Waals surface area contributed by atoms with Crippen molar-refractivity contribution in [2.45, 2.75) is 48.5 Å². The van der Waals surface area contributed by atoms with Crippen molar-refractivity contribution in [1.29, 1.82) is 0 Å². The van der Waals surface area contributed by atoms with E-state index in [1.807, 2.05) is 24.3 Å². The van der Waals surface area contributed by atoms with Crippen LogP contribution < -0.4 is 25.3 Å². The lowest BCUT2D eigenvalue weighted by Gasteiger charge is -2.36. The van der Waals surface area contributed by atoms with E-state index in [1.54, 1.807) is 20.3 Å². The molecule has 2 aromatic carbocycles. The molecule has 2 aromatic rings. The number of hydrogen-bond donors (Lipinski definition) is 3. The van der Waals surface area contributed by atoms with Crippen molar-refractivity contribution in [3.63, 3.8) is 0 Å². The summed E-state index contributed by atoms with van der Waals surface area (Å²) in [6.07, 6.45) is 5.17. The van der Waals surface area contributed by atoms with Crippen LogP contribution in [0.4, 0.5) is 11.4 Å². The number of thiol groups is 1. The minimum absolute atomic E-state index is 0.118. The van der Waals surface area contributed by atoms with Crippen molar-refractivity contribution in [3.05, 3.63) is 35.9 Å². The van der Waals surface area contributed by atoms with Gasteiger partial charge in [-0.05, 0) is 56.5 Å². The van der Waals surface area contributed by atoms with Crippen LogP contribution >= 0.6 is 12.6 Å². The largest absolute Gasteiger partial charge is 0.497 e. The van der Waals surface area contributed by atoms with Gasteiger partial charge in [0.1, 0.15) is 23.4 Å². The van der Waals surface area contributed by atoms with Crippen molar-refractivity contribution in [2.75, 3.05) is 45.4 Å². The molecule has 2 fully saturated rings. The second-order valence-electron chi connectivity index (χ2n) is 8.99. The molecular weight excluding hydrogens is 438 g/mol. The van der Waals surface area contributed by atoms with Crippen molar-refractivity contribution >= 4 is 29.9 Å². The standard InChI is InChI=1S/C17H23N3O2.C8H10O2S/c1-20-7-3-12(4-8-20)22-14-10-11(18)9-13-15(14)19-16(21)17(13)5-2-6-17;1-9-6-3-4-8(11)7(5-6)10-2/h9-10,12H,2-8,18H2,1H3,(H,19,21);3-5,11H,1-2H3. The molecule has 0 atom stereocenters. The highest BCUT2D eigenvalue weighted by Crippen LogP contribution is 2.54. The molecule has 3 N–H and O–H groups in total. The van der Waals surface area contributed by atoms with Crippen LogP contribution in [0, 0.1) is 0 Å². The molecule has 1 spiro atoms. The monoisotopic (exact) mass is 471 g/mol. The summed E-state index contributed by atoms with van der Waals surface area (Å²) < 4.78 is 16.2. The smallest absolute Gasteiger partial charge is 0.235 e. The molecule has 1 aliphatic carbocycles. The zero-order chi connectivity index (χ0) is 23.6. The van der Waals surface area contributed by atoms with Gasteiger partial charge in [0.05, 0.1) is 25.3 Å². The van der Waals surface area contributed by atoms with Crippen LogP contribution in [-0.4, -0.2) is 51.3 Å². The first-order valence-corrected chi connectivity index (χ1v) is 11.8. The molecule has 178 valence electrons. The number of amides is 1. The lowest BCUT2D eigenvalue weighted by molar-refractivity contribution is -0.123. The van der Waals surface area contributed by atoms with Gasteiger partial charge in [0.25, 0.3) is 0 Å². The van der Waals surface area contributed by atoms with Gasteiger partial charge in [0, 0.05) is 35.8 Å². The van der Waals surface area contributed by atoms with E-state index in [-0.39, 0.29) is 17.4 Å². The number of methoxy groups -OCH3 is 2. The van der Waals surface area contributed by atoms with E-state index < -0.39 is 0 Å². The number of rotatable bonds is 4. The highest BCUT2D eigenvalue weighted by atomic mass is 32.1. The van der Waals surface area contributed by atoms with Crippen LogP contribution in [0.15, 0.2) is 35.2 Å². The van der Waals surface area contributed by atoms with Crippen LogP contribution in [0.25, 0.3) is 0 Å². The minimum Gasteiger partial charge on any atom is -0.497 e. The zero-order valence-electron chi connectivity index (χ0n) is 19.5. The summed E-state index contributed by atoms with van der Waals surface area (Å²) in [7, 11) is 5.36. The Hall–Kier alpha value is -2.58. The van der Waals surface area contributed by atoms with Gasteiger partial charge in [-0.1, -0.05) is 6.42 Å². The topological polar surface area (TPSA) is 86.1 Å². The van der Waals surface area contributed by atoms with Crippen LogP contribution in [0.3, 0.4) is 0 Å². The van der Waals surface area contributed by atoms with Gasteiger partial charge in [-0.15, -0.1) is 12.6 Å². The number of piperidine rings is 1. The highest BCUT2D eigenvalue weighted by Gasteiger charge is 2.52. The Balaban J connectivity index is 0.000000200. The molecule has 0 unspecified atom stereocenters. The third-order valence-electron chi connectivity index (χ3n) is 6.87. The van der Waals surface area contributed by atoms with Crippen molar-refractivity contribution in [1.82, 2.24) is 4.90 Å². The summed E-state index contributed by atoms with van der Waals surface area (Å²) in [6, 6.07) is 9.27. The minimum atomic E-state index is -0.338. The summed E-state index contributed by atoms with van der Waals surface area (Å²) in [5, 5.41) is 3.05. The number of nitrogens with two attached hydrogens (primary N) is 1. The fourth-order valence-electron chi connectivity index (χ4n) is 4.69. The van der Waals surface area contributed by atoms with E-state index in [9.17, 15) is 4.79 Å². The molecule has 5 rings (SSSR count). The maximum atomic E-state index is 12.4. The number of benzene rings is 2. The van der Waals surface area contributed by atoms with Gasteiger partial charge in [0.15, 0.2) is 0 Å². The maximum absolute atomic E-state index is 12.4. The first-order chi connectivity index (χ1) is 15.9. The average Bonchev–Trinajstić information content (AvgIpc) is 3.08. The Morgan fingerprint density at radius 3 is 2.42 bits per heavy atom. The number of nitrogens with zero attached hydrogens (tertiary/aromatic N) is 1. The maximum Gasteiger partial charge on any atom is 0.235 e. The zero-order valence-corrected chi connectivity index (χ0v) is 20.4. The Morgan fingerprint density at radius 1 is 1.09 bits per heavy atom. The van der Waals surface area contributed by atoms with E-state index in [0.29, 0.717) is 5.69 Å². The third kappa shape index (κ3) is 4.73. The fourth-order valence-corrected chi connectivity index (χ4v) is 4.92. The van der Waals surface area contributed by atoms with Crippen LogP contribution in [0.2, 0.25) is 0 Å². The molecule has 0 bridgehead atoms. The molecule has 1 amide bonds. The van der Waals surface area contributed by atoms with Gasteiger partial charge in [-0.25, -0.2) is 0 Å². The molecule has 8 heteroatoms. The quantitative estimate of drug-likeness (QED) is 0.460. The van der Waals surface area contributed by atoms with Crippen molar-refractivity contribution in [2.24, 2.45) is 0 Å². The normalized spacial score (nSPS) is 19.1. The molecule has 1 saturated carbocycles. The van der Waals surface area contributed by atoms with Crippen LogP contribution in [0.1, 0.15) is 37.7 Å². The second kappa shape index (κ2) is 9.73. The lowest BCUT2D eigenvalue weighted by Crippen LogP contribution is -2.40. The molecule has 2 heterocycles. The lowest BCUT2D eigenvalue weighted by atomic mass is 9.65. The number of carbonyl (C=O) groups excluding carboxylic acids is 1. The SMILES string of the molecule is CN1CCC(Oc2cc(N)cc3c2NC(=O)C32CCC2)CC1.COc1ccc(S)c(OC)c1. The average molecular weight is 472 g/mol. The van der Waals surface area contributed by atoms with E-state index in [1.165, 1.54) is 0 Å². The van der Waals surface area contributed by atoms with Gasteiger partial charge in [0.2, 0.25) is 5.91 Å². The summed E-state index contributed by atoms with van der Waals surface area (Å²) in [6.45, 7) is 2.09. The van der Waals surface area contributed by atoms with E-state index in [0.717, 1.165) is 78.6 Å². The molecule has 7 nitrogen and oxygen atoms in total. The number of hydrogen-bond acceptors (Lipinski definition) is 7. The number of anilines is 2. The molecule has 0 radical (unpaired) electrons. The fraction of sp³-hybridized carbons (Fsp3) is 0.480. The van der Waals surface area contributed by atoms with Crippen LogP contribution in [0.5, 0.6) is 17.2 Å². The first kappa shape index (κ1) is 23.6.